The number of nitrogens with one attached hydrogen (secondary N) is 1. The molecule has 0 unspecified atom stereocenters. The first kappa shape index (κ1) is 16.7. The molecule has 122 valence electrons. The van der Waals surface area contributed by atoms with Crippen LogP contribution in [0.3, 0.4) is 0 Å². The van der Waals surface area contributed by atoms with Crippen LogP contribution in [-0.2, 0) is 0 Å². The van der Waals surface area contributed by atoms with E-state index in [2.05, 4.69) is 12.2 Å². The van der Waals surface area contributed by atoms with E-state index >= 15 is 0 Å². The van der Waals surface area contributed by atoms with Crippen molar-refractivity contribution < 1.29 is 4.79 Å². The summed E-state index contributed by atoms with van der Waals surface area (Å²) in [5.41, 5.74) is 3.57. The summed E-state index contributed by atoms with van der Waals surface area (Å²) in [6.45, 7) is 4.08. The number of anilines is 1. The molecule has 3 nitrogen and oxygen atoms in total. The highest BCUT2D eigenvalue weighted by Gasteiger charge is 2.16. The van der Waals surface area contributed by atoms with Crippen molar-refractivity contribution in [3.8, 4) is 11.3 Å². The molecule has 0 saturated heterocycles. The summed E-state index contributed by atoms with van der Waals surface area (Å²) < 4.78 is 0.968. The highest BCUT2D eigenvalue weighted by atomic mass is 32.2. The number of carbonyl (C=O) groups excluding carboxylic acids is 1. The molecule has 2 aromatic carbocycles. The fourth-order valence-corrected chi connectivity index (χ4v) is 4.28. The summed E-state index contributed by atoms with van der Waals surface area (Å²) in [4.78, 5) is 17.3. The van der Waals surface area contributed by atoms with Gasteiger partial charge in [0.05, 0.1) is 0 Å². The van der Waals surface area contributed by atoms with E-state index in [0.717, 1.165) is 31.9 Å². The molecule has 3 rings (SSSR count). The minimum absolute atomic E-state index is 0.104. The Morgan fingerprint density at radius 2 is 1.96 bits per heavy atom. The second-order valence-electron chi connectivity index (χ2n) is 5.28. The Hall–Kier alpha value is -2.11. The topological polar surface area (TPSA) is 42.0 Å². The zero-order valence-corrected chi connectivity index (χ0v) is 15.2. The Morgan fingerprint density at radius 1 is 1.17 bits per heavy atom. The number of carbonyl (C=O) groups is 1. The summed E-state index contributed by atoms with van der Waals surface area (Å²) >= 11 is 3.21. The van der Waals surface area contributed by atoms with E-state index in [0.29, 0.717) is 5.56 Å². The smallest absolute Gasteiger partial charge is 0.256 e. The van der Waals surface area contributed by atoms with Gasteiger partial charge >= 0.3 is 0 Å². The van der Waals surface area contributed by atoms with Gasteiger partial charge < -0.3 is 5.32 Å². The number of rotatable bonds is 5. The van der Waals surface area contributed by atoms with Crippen molar-refractivity contribution >= 4 is 34.0 Å². The van der Waals surface area contributed by atoms with Crippen LogP contribution in [0, 0.1) is 6.92 Å². The minimum Gasteiger partial charge on any atom is -0.312 e. The maximum atomic E-state index is 12.6. The second kappa shape index (κ2) is 7.64. The zero-order chi connectivity index (χ0) is 16.9. The summed E-state index contributed by atoms with van der Waals surface area (Å²) in [5, 5.41) is 3.83. The van der Waals surface area contributed by atoms with Crippen molar-refractivity contribution in [1.29, 1.82) is 0 Å². The monoisotopic (exact) mass is 354 g/mol. The molecule has 0 fully saturated rings. The predicted molar refractivity (Wildman–Crippen MR) is 103 cm³/mol. The molecule has 0 aliphatic carbocycles. The lowest BCUT2D eigenvalue weighted by Crippen LogP contribution is -2.11. The van der Waals surface area contributed by atoms with Gasteiger partial charge in [-0.05, 0) is 24.8 Å². The molecule has 3 aromatic rings. The molecule has 0 spiro atoms. The van der Waals surface area contributed by atoms with E-state index in [1.165, 1.54) is 11.3 Å². The van der Waals surface area contributed by atoms with Crippen LogP contribution in [0.15, 0.2) is 58.9 Å². The summed E-state index contributed by atoms with van der Waals surface area (Å²) in [7, 11) is 0. The van der Waals surface area contributed by atoms with Crippen LogP contribution in [0.25, 0.3) is 11.3 Å². The molecule has 0 aliphatic heterocycles. The molecule has 5 heteroatoms. The molecular weight excluding hydrogens is 336 g/mol. The molecule has 1 amide bonds. The third-order valence-corrected chi connectivity index (χ3v) is 5.43. The number of hydrogen-bond donors (Lipinski definition) is 1. The number of aryl methyl sites for hydroxylation is 1. The molecule has 0 aliphatic rings. The number of nitrogens with zero attached hydrogens (tertiary/aromatic N) is 1. The number of thioether (sulfide) groups is 1. The van der Waals surface area contributed by atoms with Crippen molar-refractivity contribution in [2.24, 2.45) is 0 Å². The van der Waals surface area contributed by atoms with E-state index < -0.39 is 0 Å². The Bertz CT molecular complexity index is 844. The van der Waals surface area contributed by atoms with Gasteiger partial charge in [-0.2, -0.15) is 0 Å². The van der Waals surface area contributed by atoms with Crippen LogP contribution in [0.4, 0.5) is 5.00 Å². The van der Waals surface area contributed by atoms with Crippen LogP contribution in [0.5, 0.6) is 0 Å². The summed E-state index contributed by atoms with van der Waals surface area (Å²) in [6, 6.07) is 17.6. The molecule has 1 aromatic heterocycles. The lowest BCUT2D eigenvalue weighted by Gasteiger charge is -2.06. The standard InChI is InChI=1S/C19H18N2OS2/c1-3-23-19-20-16(14-9-5-4-6-10-14)18(24-19)21-17(22)15-11-7-8-13(2)12-15/h4-12H,3H2,1-2H3,(H,21,22). The van der Waals surface area contributed by atoms with Crippen molar-refractivity contribution in [3.63, 3.8) is 0 Å². The maximum Gasteiger partial charge on any atom is 0.256 e. The number of benzene rings is 2. The van der Waals surface area contributed by atoms with Crippen molar-refractivity contribution in [3.05, 3.63) is 65.7 Å². The van der Waals surface area contributed by atoms with Crippen molar-refractivity contribution in [2.45, 2.75) is 18.2 Å². The van der Waals surface area contributed by atoms with Gasteiger partial charge in [0, 0.05) is 11.1 Å². The lowest BCUT2D eigenvalue weighted by molar-refractivity contribution is 0.102. The van der Waals surface area contributed by atoms with Gasteiger partial charge in [-0.25, -0.2) is 4.98 Å². The Labute approximate surface area is 150 Å². The molecule has 0 saturated carbocycles. The maximum absolute atomic E-state index is 12.6. The molecule has 0 radical (unpaired) electrons. The van der Waals surface area contributed by atoms with Gasteiger partial charge in [0.15, 0.2) is 4.34 Å². The average Bonchev–Trinajstić information content (AvgIpc) is 2.98. The Kier molecular flexibility index (Phi) is 5.33. The normalized spacial score (nSPS) is 10.6. The molecule has 1 N–H and O–H groups in total. The number of amides is 1. The molecule has 0 bridgehead atoms. The fourth-order valence-electron chi connectivity index (χ4n) is 2.32. The average molecular weight is 355 g/mol. The number of hydrogen-bond acceptors (Lipinski definition) is 4. The minimum atomic E-state index is -0.104. The van der Waals surface area contributed by atoms with Crippen LogP contribution in [0.1, 0.15) is 22.8 Å². The highest BCUT2D eigenvalue weighted by molar-refractivity contribution is 8.01. The highest BCUT2D eigenvalue weighted by Crippen LogP contribution is 2.37. The first-order chi connectivity index (χ1) is 11.7. The third-order valence-electron chi connectivity index (χ3n) is 3.43. The number of aromatic nitrogens is 1. The zero-order valence-electron chi connectivity index (χ0n) is 13.6. The van der Waals surface area contributed by atoms with Gasteiger partial charge in [-0.3, -0.25) is 4.79 Å². The van der Waals surface area contributed by atoms with Crippen LogP contribution < -0.4 is 5.32 Å². The van der Waals surface area contributed by atoms with Gasteiger partial charge in [-0.1, -0.05) is 78.1 Å². The van der Waals surface area contributed by atoms with Gasteiger partial charge in [-0.15, -0.1) is 0 Å². The molecule has 0 atom stereocenters. The van der Waals surface area contributed by atoms with Gasteiger partial charge in [0.1, 0.15) is 10.7 Å². The molecular formula is C19H18N2OS2. The second-order valence-corrected chi connectivity index (χ2v) is 7.79. The van der Waals surface area contributed by atoms with Crippen LogP contribution >= 0.6 is 23.1 Å². The van der Waals surface area contributed by atoms with Gasteiger partial charge in [0.2, 0.25) is 0 Å². The van der Waals surface area contributed by atoms with Crippen LogP contribution in [0.2, 0.25) is 0 Å². The number of thiazole rings is 1. The third kappa shape index (κ3) is 3.86. The first-order valence-electron chi connectivity index (χ1n) is 7.74. The first-order valence-corrected chi connectivity index (χ1v) is 9.54. The van der Waals surface area contributed by atoms with E-state index in [1.807, 2.05) is 61.5 Å². The SMILES string of the molecule is CCSc1nc(-c2ccccc2)c(NC(=O)c2cccc(C)c2)s1. The fraction of sp³-hybridized carbons (Fsp3) is 0.158. The van der Waals surface area contributed by atoms with E-state index in [1.54, 1.807) is 11.8 Å². The van der Waals surface area contributed by atoms with Gasteiger partial charge in [0.25, 0.3) is 5.91 Å². The lowest BCUT2D eigenvalue weighted by atomic mass is 10.1. The molecule has 1 heterocycles. The van der Waals surface area contributed by atoms with E-state index in [9.17, 15) is 4.79 Å². The Balaban J connectivity index is 1.93. The quantitative estimate of drug-likeness (QED) is 0.617. The summed E-state index contributed by atoms with van der Waals surface area (Å²) in [5.74, 6) is 0.847. The van der Waals surface area contributed by atoms with E-state index in [-0.39, 0.29) is 5.91 Å². The largest absolute Gasteiger partial charge is 0.312 e. The van der Waals surface area contributed by atoms with E-state index in [4.69, 9.17) is 4.98 Å². The van der Waals surface area contributed by atoms with Crippen LogP contribution in [-0.4, -0.2) is 16.6 Å². The predicted octanol–water partition coefficient (Wildman–Crippen LogP) is 5.48. The van der Waals surface area contributed by atoms with Crippen molar-refractivity contribution in [1.82, 2.24) is 4.98 Å². The Morgan fingerprint density at radius 3 is 2.67 bits per heavy atom. The summed E-state index contributed by atoms with van der Waals surface area (Å²) in [6.07, 6.45) is 0. The molecule has 24 heavy (non-hydrogen) atoms. The van der Waals surface area contributed by atoms with Crippen molar-refractivity contribution in [2.75, 3.05) is 11.1 Å².